The topological polar surface area (TPSA) is 83.6 Å². The Hall–Kier alpha value is -1.90. The minimum absolute atomic E-state index is 0.0122. The maximum Gasteiger partial charge on any atom is 0.251 e. The summed E-state index contributed by atoms with van der Waals surface area (Å²) < 4.78 is 25.7. The molecule has 3 rings (SSSR count). The molecule has 144 valence electrons. The average molecular weight is 427 g/mol. The first-order chi connectivity index (χ1) is 12.6. The number of thiophene rings is 1. The van der Waals surface area contributed by atoms with Gasteiger partial charge in [-0.2, -0.15) is 0 Å². The predicted octanol–water partition coefficient (Wildman–Crippen LogP) is 3.08. The number of carbonyl (C=O) groups is 2. The van der Waals surface area contributed by atoms with Gasteiger partial charge in [-0.15, -0.1) is 11.3 Å². The third-order valence-electron chi connectivity index (χ3n) is 4.25. The highest BCUT2D eigenvalue weighted by atomic mass is 35.5. The van der Waals surface area contributed by atoms with Crippen molar-refractivity contribution >= 4 is 50.5 Å². The summed E-state index contributed by atoms with van der Waals surface area (Å²) >= 11 is 7.76. The van der Waals surface area contributed by atoms with E-state index in [0.29, 0.717) is 13.0 Å². The minimum Gasteiger partial charge on any atom is -0.352 e. The zero-order valence-corrected chi connectivity index (χ0v) is 17.2. The lowest BCUT2D eigenvalue weighted by atomic mass is 9.95. The van der Waals surface area contributed by atoms with E-state index in [9.17, 15) is 18.0 Å². The summed E-state index contributed by atoms with van der Waals surface area (Å²) in [4.78, 5) is 26.1. The van der Waals surface area contributed by atoms with Gasteiger partial charge in [0.2, 0.25) is 15.9 Å². The van der Waals surface area contributed by atoms with Gasteiger partial charge in [0.05, 0.1) is 21.9 Å². The lowest BCUT2D eigenvalue weighted by molar-refractivity contribution is -0.123. The van der Waals surface area contributed by atoms with E-state index >= 15 is 0 Å². The second kappa shape index (κ2) is 7.26. The monoisotopic (exact) mass is 426 g/mol. The number of carbonyl (C=O) groups excluding carboxylic acids is 2. The molecule has 0 aliphatic carbocycles. The van der Waals surface area contributed by atoms with Crippen molar-refractivity contribution in [3.05, 3.63) is 51.2 Å². The first-order valence-electron chi connectivity index (χ1n) is 8.29. The molecule has 1 aliphatic rings. The number of amides is 2. The number of hydrogen-bond acceptors (Lipinski definition) is 5. The summed E-state index contributed by atoms with van der Waals surface area (Å²) in [6.45, 7) is 3.59. The van der Waals surface area contributed by atoms with Crippen LogP contribution in [0.4, 0.5) is 5.69 Å². The Morgan fingerprint density at radius 2 is 2.07 bits per heavy atom. The number of benzene rings is 1. The molecule has 2 aromatic rings. The Morgan fingerprint density at radius 1 is 1.33 bits per heavy atom. The van der Waals surface area contributed by atoms with Crippen LogP contribution in [-0.4, -0.2) is 32.5 Å². The summed E-state index contributed by atoms with van der Waals surface area (Å²) in [5, 5.41) is 4.86. The molecule has 9 heteroatoms. The summed E-state index contributed by atoms with van der Waals surface area (Å²) in [6, 6.07) is 8.22. The van der Waals surface area contributed by atoms with Crippen molar-refractivity contribution in [1.82, 2.24) is 5.32 Å². The van der Waals surface area contributed by atoms with Gasteiger partial charge >= 0.3 is 0 Å². The van der Waals surface area contributed by atoms with Gasteiger partial charge in [-0.1, -0.05) is 17.7 Å². The Morgan fingerprint density at radius 3 is 2.67 bits per heavy atom. The molecule has 2 amide bonds. The average Bonchev–Trinajstić information content (AvgIpc) is 3.13. The molecule has 0 bridgehead atoms. The van der Waals surface area contributed by atoms with Crippen LogP contribution in [0.5, 0.6) is 0 Å². The molecule has 0 radical (unpaired) electrons. The van der Waals surface area contributed by atoms with Crippen LogP contribution in [0.2, 0.25) is 5.02 Å². The zero-order valence-electron chi connectivity index (χ0n) is 14.9. The van der Waals surface area contributed by atoms with E-state index in [1.54, 1.807) is 25.2 Å². The van der Waals surface area contributed by atoms with Crippen LogP contribution in [-0.2, 0) is 21.2 Å². The first kappa shape index (κ1) is 19.9. The molecular weight excluding hydrogens is 408 g/mol. The van der Waals surface area contributed by atoms with Crippen molar-refractivity contribution in [1.29, 1.82) is 0 Å². The number of nitrogens with zero attached hydrogens (tertiary/aromatic N) is 1. The van der Waals surface area contributed by atoms with E-state index in [2.05, 4.69) is 5.32 Å². The van der Waals surface area contributed by atoms with Crippen molar-refractivity contribution in [2.75, 3.05) is 16.6 Å². The lowest BCUT2D eigenvalue weighted by Gasteiger charge is -2.19. The van der Waals surface area contributed by atoms with Crippen LogP contribution in [0.15, 0.2) is 35.7 Å². The number of halogens is 1. The molecule has 1 saturated heterocycles. The molecule has 1 aromatic carbocycles. The van der Waals surface area contributed by atoms with E-state index in [0.717, 1.165) is 9.18 Å². The second-order valence-corrected chi connectivity index (χ2v) is 10.2. The number of nitrogens with one attached hydrogen (secondary N) is 1. The van der Waals surface area contributed by atoms with Crippen molar-refractivity contribution < 1.29 is 18.0 Å². The van der Waals surface area contributed by atoms with Crippen molar-refractivity contribution in [3.8, 4) is 0 Å². The van der Waals surface area contributed by atoms with Crippen LogP contribution in [0.25, 0.3) is 0 Å². The van der Waals surface area contributed by atoms with Gasteiger partial charge in [0, 0.05) is 17.0 Å². The first-order valence-corrected chi connectivity index (χ1v) is 11.2. The maximum atomic E-state index is 12.6. The normalized spacial score (nSPS) is 17.9. The quantitative estimate of drug-likeness (QED) is 0.796. The summed E-state index contributed by atoms with van der Waals surface area (Å²) in [5.41, 5.74) is -0.785. The van der Waals surface area contributed by atoms with E-state index in [1.807, 2.05) is 17.5 Å². The highest BCUT2D eigenvalue weighted by Crippen LogP contribution is 2.39. The lowest BCUT2D eigenvalue weighted by Crippen LogP contribution is -2.33. The fourth-order valence-corrected chi connectivity index (χ4v) is 5.98. The highest BCUT2D eigenvalue weighted by Gasteiger charge is 2.50. The predicted molar refractivity (Wildman–Crippen MR) is 107 cm³/mol. The molecule has 27 heavy (non-hydrogen) atoms. The van der Waals surface area contributed by atoms with Crippen molar-refractivity contribution in [2.45, 2.75) is 20.3 Å². The van der Waals surface area contributed by atoms with Crippen LogP contribution >= 0.6 is 22.9 Å². The second-order valence-electron chi connectivity index (χ2n) is 6.96. The summed E-state index contributed by atoms with van der Waals surface area (Å²) in [6.07, 6.45) is 0.705. The molecule has 1 aromatic heterocycles. The zero-order chi connectivity index (χ0) is 19.8. The molecule has 1 N–H and O–H groups in total. The summed E-state index contributed by atoms with van der Waals surface area (Å²) in [7, 11) is -3.84. The SMILES string of the molecule is CC1(C)CS(=O)(=O)N(c2cc(C(=O)NCCc3cccs3)ccc2Cl)C1=O. The van der Waals surface area contributed by atoms with Crippen molar-refractivity contribution in [3.63, 3.8) is 0 Å². The molecular formula is C18H19ClN2O4S2. The fraction of sp³-hybridized carbons (Fsp3) is 0.333. The van der Waals surface area contributed by atoms with Gasteiger partial charge in [0.1, 0.15) is 0 Å². The van der Waals surface area contributed by atoms with Gasteiger partial charge < -0.3 is 5.32 Å². The standard InChI is InChI=1S/C18H19ClN2O4S2/c1-18(2)11-27(24,25)21(17(18)23)15-10-12(5-6-14(15)19)16(22)20-8-7-13-4-3-9-26-13/h3-6,9-10H,7-8,11H2,1-2H3,(H,20,22). The largest absolute Gasteiger partial charge is 0.352 e. The third kappa shape index (κ3) is 4.02. The van der Waals surface area contributed by atoms with Gasteiger partial charge in [-0.25, -0.2) is 12.7 Å². The van der Waals surface area contributed by atoms with Crippen molar-refractivity contribution in [2.24, 2.45) is 5.41 Å². The maximum absolute atomic E-state index is 12.6. The number of sulfonamides is 1. The molecule has 1 fully saturated rings. The molecule has 0 unspecified atom stereocenters. The van der Waals surface area contributed by atoms with Gasteiger partial charge in [-0.05, 0) is 49.9 Å². The fourth-order valence-electron chi connectivity index (χ4n) is 2.91. The Bertz CT molecular complexity index is 985. The number of rotatable bonds is 5. The van der Waals surface area contributed by atoms with Crippen LogP contribution < -0.4 is 9.62 Å². The number of anilines is 1. The molecule has 0 spiro atoms. The number of hydrogen-bond donors (Lipinski definition) is 1. The smallest absolute Gasteiger partial charge is 0.251 e. The van der Waals surface area contributed by atoms with E-state index < -0.39 is 21.3 Å². The van der Waals surface area contributed by atoms with E-state index in [4.69, 9.17) is 11.6 Å². The van der Waals surface area contributed by atoms with Gasteiger partial charge in [-0.3, -0.25) is 9.59 Å². The molecule has 6 nitrogen and oxygen atoms in total. The van der Waals surface area contributed by atoms with Gasteiger partial charge in [0.15, 0.2) is 0 Å². The summed E-state index contributed by atoms with van der Waals surface area (Å²) in [5.74, 6) is -1.21. The minimum atomic E-state index is -3.84. The Kier molecular flexibility index (Phi) is 5.33. The molecule has 1 aliphatic heterocycles. The third-order valence-corrected chi connectivity index (χ3v) is 7.51. The Labute approximate surface area is 167 Å². The van der Waals surface area contributed by atoms with Crippen LogP contribution in [0.3, 0.4) is 0 Å². The molecule has 2 heterocycles. The molecule has 0 saturated carbocycles. The van der Waals surface area contributed by atoms with Crippen LogP contribution in [0.1, 0.15) is 29.1 Å². The Balaban J connectivity index is 1.82. The van der Waals surface area contributed by atoms with E-state index in [-0.39, 0.29) is 27.9 Å². The highest BCUT2D eigenvalue weighted by molar-refractivity contribution is 7.94. The van der Waals surface area contributed by atoms with Crippen LogP contribution in [0, 0.1) is 5.41 Å². The van der Waals surface area contributed by atoms with Gasteiger partial charge in [0.25, 0.3) is 5.91 Å². The van der Waals surface area contributed by atoms with E-state index in [1.165, 1.54) is 18.2 Å². The molecule has 0 atom stereocenters.